The number of benzene rings is 1. The second-order valence-corrected chi connectivity index (χ2v) is 4.91. The summed E-state index contributed by atoms with van der Waals surface area (Å²) in [6.45, 7) is 4.43. The van der Waals surface area contributed by atoms with Crippen LogP contribution in [0.3, 0.4) is 0 Å². The molecule has 0 radical (unpaired) electrons. The lowest BCUT2D eigenvalue weighted by Crippen LogP contribution is -2.33. The summed E-state index contributed by atoms with van der Waals surface area (Å²) < 4.78 is 0. The SMILES string of the molecule is Cc1ccc(C(N)C(=O)NCc2ccncc2C)cc1. The average Bonchev–Trinajstić information content (AvgIpc) is 2.46. The summed E-state index contributed by atoms with van der Waals surface area (Å²) in [4.78, 5) is 16.1. The van der Waals surface area contributed by atoms with Gasteiger partial charge < -0.3 is 11.1 Å². The second kappa shape index (κ2) is 6.30. The highest BCUT2D eigenvalue weighted by Crippen LogP contribution is 2.12. The fourth-order valence-corrected chi connectivity index (χ4v) is 1.92. The van der Waals surface area contributed by atoms with Gasteiger partial charge in [-0.3, -0.25) is 9.78 Å². The van der Waals surface area contributed by atoms with Crippen molar-refractivity contribution in [3.63, 3.8) is 0 Å². The molecule has 0 bridgehead atoms. The minimum absolute atomic E-state index is 0.176. The van der Waals surface area contributed by atoms with Crippen LogP contribution < -0.4 is 11.1 Å². The largest absolute Gasteiger partial charge is 0.350 e. The van der Waals surface area contributed by atoms with E-state index in [1.54, 1.807) is 12.4 Å². The van der Waals surface area contributed by atoms with Crippen molar-refractivity contribution in [2.24, 2.45) is 5.73 Å². The molecule has 0 aliphatic carbocycles. The molecule has 0 saturated heterocycles. The minimum Gasteiger partial charge on any atom is -0.350 e. The van der Waals surface area contributed by atoms with Crippen LogP contribution in [0.2, 0.25) is 0 Å². The van der Waals surface area contributed by atoms with Crippen LogP contribution in [-0.4, -0.2) is 10.9 Å². The van der Waals surface area contributed by atoms with E-state index >= 15 is 0 Å². The number of nitrogens with two attached hydrogens (primary N) is 1. The van der Waals surface area contributed by atoms with Crippen LogP contribution >= 0.6 is 0 Å². The molecule has 1 aromatic heterocycles. The highest BCUT2D eigenvalue weighted by molar-refractivity contribution is 5.82. The van der Waals surface area contributed by atoms with Crippen molar-refractivity contribution in [3.05, 3.63) is 65.0 Å². The monoisotopic (exact) mass is 269 g/mol. The molecular weight excluding hydrogens is 250 g/mol. The first-order valence-corrected chi connectivity index (χ1v) is 6.57. The molecule has 104 valence electrons. The predicted molar refractivity (Wildman–Crippen MR) is 78.9 cm³/mol. The maximum absolute atomic E-state index is 12.1. The van der Waals surface area contributed by atoms with Crippen molar-refractivity contribution in [3.8, 4) is 0 Å². The second-order valence-electron chi connectivity index (χ2n) is 4.91. The quantitative estimate of drug-likeness (QED) is 0.892. The zero-order valence-electron chi connectivity index (χ0n) is 11.8. The lowest BCUT2D eigenvalue weighted by molar-refractivity contribution is -0.122. The van der Waals surface area contributed by atoms with Gasteiger partial charge in [0, 0.05) is 18.9 Å². The van der Waals surface area contributed by atoms with E-state index in [1.165, 1.54) is 0 Å². The Kier molecular flexibility index (Phi) is 4.48. The number of hydrogen-bond acceptors (Lipinski definition) is 3. The Hall–Kier alpha value is -2.20. The van der Waals surface area contributed by atoms with Crippen molar-refractivity contribution >= 4 is 5.91 Å². The molecule has 2 aromatic rings. The Bertz CT molecular complexity index is 593. The molecule has 0 saturated carbocycles. The Morgan fingerprint density at radius 3 is 2.60 bits per heavy atom. The van der Waals surface area contributed by atoms with Gasteiger partial charge in [-0.05, 0) is 36.6 Å². The maximum Gasteiger partial charge on any atom is 0.241 e. The lowest BCUT2D eigenvalue weighted by Gasteiger charge is -2.13. The molecule has 20 heavy (non-hydrogen) atoms. The summed E-state index contributed by atoms with van der Waals surface area (Å²) in [6.07, 6.45) is 3.50. The van der Waals surface area contributed by atoms with Gasteiger partial charge in [-0.15, -0.1) is 0 Å². The first-order chi connectivity index (χ1) is 9.58. The van der Waals surface area contributed by atoms with Gasteiger partial charge in [0.1, 0.15) is 6.04 Å². The molecule has 4 heteroatoms. The molecule has 1 aromatic carbocycles. The normalized spacial score (nSPS) is 11.9. The van der Waals surface area contributed by atoms with Gasteiger partial charge in [0.25, 0.3) is 0 Å². The molecular formula is C16H19N3O. The van der Waals surface area contributed by atoms with Crippen molar-refractivity contribution in [2.75, 3.05) is 0 Å². The van der Waals surface area contributed by atoms with Crippen molar-refractivity contribution in [1.82, 2.24) is 10.3 Å². The van der Waals surface area contributed by atoms with Gasteiger partial charge >= 0.3 is 0 Å². The number of hydrogen-bond donors (Lipinski definition) is 2. The summed E-state index contributed by atoms with van der Waals surface area (Å²) in [7, 11) is 0. The highest BCUT2D eigenvalue weighted by Gasteiger charge is 2.15. The first-order valence-electron chi connectivity index (χ1n) is 6.57. The summed E-state index contributed by atoms with van der Waals surface area (Å²) in [6, 6.07) is 8.93. The van der Waals surface area contributed by atoms with Crippen LogP contribution in [0, 0.1) is 13.8 Å². The third-order valence-electron chi connectivity index (χ3n) is 3.31. The fourth-order valence-electron chi connectivity index (χ4n) is 1.92. The van der Waals surface area contributed by atoms with Gasteiger partial charge in [-0.25, -0.2) is 0 Å². The van der Waals surface area contributed by atoms with Crippen molar-refractivity contribution in [1.29, 1.82) is 0 Å². The van der Waals surface area contributed by atoms with E-state index in [4.69, 9.17) is 5.73 Å². The number of nitrogens with zero attached hydrogens (tertiary/aromatic N) is 1. The molecule has 0 fully saturated rings. The zero-order chi connectivity index (χ0) is 14.5. The zero-order valence-corrected chi connectivity index (χ0v) is 11.8. The Morgan fingerprint density at radius 2 is 1.95 bits per heavy atom. The van der Waals surface area contributed by atoms with Gasteiger partial charge in [-0.1, -0.05) is 29.8 Å². The van der Waals surface area contributed by atoms with E-state index in [1.807, 2.05) is 44.2 Å². The number of aromatic nitrogens is 1. The number of carbonyl (C=O) groups excluding carboxylic acids is 1. The summed E-state index contributed by atoms with van der Waals surface area (Å²) >= 11 is 0. The fraction of sp³-hybridized carbons (Fsp3) is 0.250. The topological polar surface area (TPSA) is 68.0 Å². The van der Waals surface area contributed by atoms with Crippen LogP contribution in [0.5, 0.6) is 0 Å². The smallest absolute Gasteiger partial charge is 0.241 e. The number of amides is 1. The van der Waals surface area contributed by atoms with E-state index in [0.29, 0.717) is 6.54 Å². The van der Waals surface area contributed by atoms with Gasteiger partial charge in [0.2, 0.25) is 5.91 Å². The van der Waals surface area contributed by atoms with Crippen molar-refractivity contribution in [2.45, 2.75) is 26.4 Å². The Labute approximate surface area is 119 Å². The van der Waals surface area contributed by atoms with Crippen LogP contribution in [-0.2, 0) is 11.3 Å². The van der Waals surface area contributed by atoms with Gasteiger partial charge in [-0.2, -0.15) is 0 Å². The molecule has 0 aliphatic heterocycles. The van der Waals surface area contributed by atoms with Crippen LogP contribution in [0.15, 0.2) is 42.7 Å². The Morgan fingerprint density at radius 1 is 1.25 bits per heavy atom. The number of rotatable bonds is 4. The van der Waals surface area contributed by atoms with E-state index in [0.717, 1.165) is 22.3 Å². The minimum atomic E-state index is -0.641. The van der Waals surface area contributed by atoms with Crippen LogP contribution in [0.1, 0.15) is 28.3 Å². The highest BCUT2D eigenvalue weighted by atomic mass is 16.2. The molecule has 1 heterocycles. The molecule has 0 spiro atoms. The molecule has 2 rings (SSSR count). The maximum atomic E-state index is 12.1. The van der Waals surface area contributed by atoms with Crippen LogP contribution in [0.4, 0.5) is 0 Å². The third-order valence-corrected chi connectivity index (χ3v) is 3.31. The number of pyridine rings is 1. The van der Waals surface area contributed by atoms with Crippen molar-refractivity contribution < 1.29 is 4.79 Å². The summed E-state index contributed by atoms with van der Waals surface area (Å²) in [5.41, 5.74) is 10.0. The van der Waals surface area contributed by atoms with E-state index in [-0.39, 0.29) is 5.91 Å². The lowest BCUT2D eigenvalue weighted by atomic mass is 10.1. The van der Waals surface area contributed by atoms with Crippen LogP contribution in [0.25, 0.3) is 0 Å². The van der Waals surface area contributed by atoms with Gasteiger partial charge in [0.05, 0.1) is 0 Å². The predicted octanol–water partition coefficient (Wildman–Crippen LogP) is 2.01. The molecule has 0 aliphatic rings. The third kappa shape index (κ3) is 3.42. The number of aryl methyl sites for hydroxylation is 2. The van der Waals surface area contributed by atoms with E-state index in [9.17, 15) is 4.79 Å². The van der Waals surface area contributed by atoms with Gasteiger partial charge in [0.15, 0.2) is 0 Å². The standard InChI is InChI=1S/C16H19N3O/c1-11-3-5-13(6-4-11)15(17)16(20)19-10-14-7-8-18-9-12(14)2/h3-9,15H,10,17H2,1-2H3,(H,19,20). The first kappa shape index (κ1) is 14.2. The number of nitrogens with one attached hydrogen (secondary N) is 1. The molecule has 1 unspecified atom stereocenters. The molecule has 3 N–H and O–H groups in total. The molecule has 4 nitrogen and oxygen atoms in total. The average molecular weight is 269 g/mol. The van der Waals surface area contributed by atoms with E-state index < -0.39 is 6.04 Å². The summed E-state index contributed by atoms with van der Waals surface area (Å²) in [5.74, 6) is -0.176. The Balaban J connectivity index is 1.98. The molecule has 1 atom stereocenters. The van der Waals surface area contributed by atoms with E-state index in [2.05, 4.69) is 10.3 Å². The number of carbonyl (C=O) groups is 1. The summed E-state index contributed by atoms with van der Waals surface area (Å²) in [5, 5.41) is 2.86. The molecule has 1 amide bonds.